The number of halogens is 2. The van der Waals surface area contributed by atoms with Gasteiger partial charge in [0.25, 0.3) is 5.91 Å². The summed E-state index contributed by atoms with van der Waals surface area (Å²) in [6, 6.07) is 13.2. The topological polar surface area (TPSA) is 41.1 Å². The molecule has 0 bridgehead atoms. The summed E-state index contributed by atoms with van der Waals surface area (Å²) in [5, 5.41) is 6.58. The minimum Gasteiger partial charge on any atom is -0.381 e. The monoisotopic (exact) mass is 352 g/mol. The lowest BCUT2D eigenvalue weighted by atomic mass is 10.1. The zero-order valence-electron chi connectivity index (χ0n) is 10.9. The second-order valence-electron chi connectivity index (χ2n) is 4.26. The molecule has 20 heavy (non-hydrogen) atoms. The van der Waals surface area contributed by atoms with Gasteiger partial charge in [0, 0.05) is 29.3 Å². The highest BCUT2D eigenvalue weighted by Crippen LogP contribution is 2.23. The number of rotatable bonds is 4. The van der Waals surface area contributed by atoms with E-state index in [0.29, 0.717) is 17.1 Å². The maximum Gasteiger partial charge on any atom is 0.251 e. The van der Waals surface area contributed by atoms with Crippen LogP contribution in [0.25, 0.3) is 0 Å². The smallest absolute Gasteiger partial charge is 0.251 e. The molecular formula is C15H14BrClN2O. The molecule has 0 saturated carbocycles. The number of carbonyl (C=O) groups excluding carboxylic acids is 1. The van der Waals surface area contributed by atoms with E-state index in [1.54, 1.807) is 13.1 Å². The maximum atomic E-state index is 11.6. The fourth-order valence-electron chi connectivity index (χ4n) is 1.77. The molecule has 1 amide bonds. The number of nitrogens with one attached hydrogen (secondary N) is 2. The Morgan fingerprint density at radius 2 is 2.05 bits per heavy atom. The molecule has 2 N–H and O–H groups in total. The lowest BCUT2D eigenvalue weighted by Crippen LogP contribution is -2.17. The van der Waals surface area contributed by atoms with E-state index in [9.17, 15) is 4.79 Å². The molecule has 0 atom stereocenters. The Hall–Kier alpha value is -1.52. The van der Waals surface area contributed by atoms with E-state index >= 15 is 0 Å². The van der Waals surface area contributed by atoms with Crippen molar-refractivity contribution in [1.82, 2.24) is 5.32 Å². The zero-order valence-corrected chi connectivity index (χ0v) is 13.3. The fraction of sp³-hybridized carbons (Fsp3) is 0.133. The summed E-state index contributed by atoms with van der Waals surface area (Å²) in [6.45, 7) is 0.660. The van der Waals surface area contributed by atoms with Crippen molar-refractivity contribution in [3.05, 3.63) is 63.1 Å². The number of carbonyl (C=O) groups is 1. The van der Waals surface area contributed by atoms with Crippen LogP contribution >= 0.6 is 27.5 Å². The number of amides is 1. The van der Waals surface area contributed by atoms with Gasteiger partial charge in [-0.25, -0.2) is 0 Å². The van der Waals surface area contributed by atoms with Crippen LogP contribution in [0.3, 0.4) is 0 Å². The Labute approximate surface area is 131 Å². The molecule has 2 aromatic rings. The molecule has 2 rings (SSSR count). The van der Waals surface area contributed by atoms with Crippen LogP contribution in [0.4, 0.5) is 5.69 Å². The molecular weight excluding hydrogens is 340 g/mol. The van der Waals surface area contributed by atoms with E-state index in [4.69, 9.17) is 11.6 Å². The van der Waals surface area contributed by atoms with Crippen molar-refractivity contribution in [1.29, 1.82) is 0 Å². The quantitative estimate of drug-likeness (QED) is 0.870. The first-order valence-electron chi connectivity index (χ1n) is 6.10. The zero-order chi connectivity index (χ0) is 14.5. The van der Waals surface area contributed by atoms with Crippen LogP contribution in [0, 0.1) is 0 Å². The third-order valence-corrected chi connectivity index (χ3v) is 4.05. The molecule has 2 aromatic carbocycles. The van der Waals surface area contributed by atoms with E-state index in [2.05, 4.69) is 26.6 Å². The molecule has 0 unspecified atom stereocenters. The van der Waals surface area contributed by atoms with Crippen molar-refractivity contribution in [2.24, 2.45) is 0 Å². The fourth-order valence-corrected chi connectivity index (χ4v) is 2.31. The molecule has 0 spiro atoms. The van der Waals surface area contributed by atoms with Crippen molar-refractivity contribution >= 4 is 39.1 Å². The van der Waals surface area contributed by atoms with Gasteiger partial charge in [-0.3, -0.25) is 4.79 Å². The Balaban J connectivity index is 2.07. The van der Waals surface area contributed by atoms with E-state index in [-0.39, 0.29) is 5.91 Å². The van der Waals surface area contributed by atoms with E-state index in [0.717, 1.165) is 15.7 Å². The Morgan fingerprint density at radius 1 is 1.25 bits per heavy atom. The van der Waals surface area contributed by atoms with Gasteiger partial charge in [0.05, 0.1) is 5.02 Å². The summed E-state index contributed by atoms with van der Waals surface area (Å²) >= 11 is 9.36. The summed E-state index contributed by atoms with van der Waals surface area (Å²) in [4.78, 5) is 11.6. The lowest BCUT2D eigenvalue weighted by Gasteiger charge is -2.09. The van der Waals surface area contributed by atoms with E-state index in [1.807, 2.05) is 36.4 Å². The van der Waals surface area contributed by atoms with Crippen molar-refractivity contribution in [3.63, 3.8) is 0 Å². The Kier molecular flexibility index (Phi) is 5.04. The van der Waals surface area contributed by atoms with Crippen molar-refractivity contribution in [3.8, 4) is 0 Å². The number of hydrogen-bond donors (Lipinski definition) is 2. The molecule has 0 fully saturated rings. The van der Waals surface area contributed by atoms with Crippen LogP contribution < -0.4 is 10.6 Å². The predicted octanol–water partition coefficient (Wildman–Crippen LogP) is 4.07. The Morgan fingerprint density at radius 3 is 2.75 bits per heavy atom. The van der Waals surface area contributed by atoms with Gasteiger partial charge in [-0.15, -0.1) is 0 Å². The largest absolute Gasteiger partial charge is 0.381 e. The molecule has 3 nitrogen and oxygen atoms in total. The number of anilines is 1. The SMILES string of the molecule is CNC(=O)c1cccc(NCc2ccc(Cl)c(Br)c2)c1. The molecule has 0 aliphatic carbocycles. The van der Waals surface area contributed by atoms with Gasteiger partial charge in [0.2, 0.25) is 0 Å². The standard InChI is InChI=1S/C15H14BrClN2O/c1-18-15(20)11-3-2-4-12(8-11)19-9-10-5-6-14(17)13(16)7-10/h2-8,19H,9H2,1H3,(H,18,20). The molecule has 0 radical (unpaired) electrons. The Bertz CT molecular complexity index is 631. The van der Waals surface area contributed by atoms with Crippen molar-refractivity contribution in [2.75, 3.05) is 12.4 Å². The van der Waals surface area contributed by atoms with E-state index < -0.39 is 0 Å². The highest BCUT2D eigenvalue weighted by molar-refractivity contribution is 9.10. The average molecular weight is 354 g/mol. The van der Waals surface area contributed by atoms with Gasteiger partial charge in [0.15, 0.2) is 0 Å². The van der Waals surface area contributed by atoms with Gasteiger partial charge in [-0.2, -0.15) is 0 Å². The summed E-state index contributed by atoms with van der Waals surface area (Å²) in [7, 11) is 1.62. The summed E-state index contributed by atoms with van der Waals surface area (Å²) in [5.74, 6) is -0.0945. The van der Waals surface area contributed by atoms with Crippen LogP contribution in [0.2, 0.25) is 5.02 Å². The molecule has 5 heteroatoms. The van der Waals surface area contributed by atoms with Crippen LogP contribution in [-0.2, 0) is 6.54 Å². The molecule has 104 valence electrons. The third kappa shape index (κ3) is 3.74. The summed E-state index contributed by atoms with van der Waals surface area (Å²) in [5.41, 5.74) is 2.64. The van der Waals surface area contributed by atoms with Gasteiger partial charge in [-0.1, -0.05) is 23.7 Å². The van der Waals surface area contributed by atoms with Gasteiger partial charge in [0.1, 0.15) is 0 Å². The number of benzene rings is 2. The van der Waals surface area contributed by atoms with Gasteiger partial charge < -0.3 is 10.6 Å². The molecule has 0 heterocycles. The van der Waals surface area contributed by atoms with Gasteiger partial charge >= 0.3 is 0 Å². The molecule has 0 aliphatic rings. The van der Waals surface area contributed by atoms with Crippen molar-refractivity contribution in [2.45, 2.75) is 6.54 Å². The molecule has 0 aliphatic heterocycles. The van der Waals surface area contributed by atoms with Gasteiger partial charge in [-0.05, 0) is 51.8 Å². The number of hydrogen-bond acceptors (Lipinski definition) is 2. The lowest BCUT2D eigenvalue weighted by molar-refractivity contribution is 0.0963. The minimum absolute atomic E-state index is 0.0945. The first-order chi connectivity index (χ1) is 9.60. The van der Waals surface area contributed by atoms with E-state index in [1.165, 1.54) is 0 Å². The summed E-state index contributed by atoms with van der Waals surface area (Å²) in [6.07, 6.45) is 0. The second kappa shape index (κ2) is 6.77. The van der Waals surface area contributed by atoms with Crippen LogP contribution in [0.5, 0.6) is 0 Å². The highest BCUT2D eigenvalue weighted by atomic mass is 79.9. The normalized spacial score (nSPS) is 10.2. The molecule has 0 aromatic heterocycles. The van der Waals surface area contributed by atoms with Crippen LogP contribution in [-0.4, -0.2) is 13.0 Å². The first-order valence-corrected chi connectivity index (χ1v) is 7.27. The minimum atomic E-state index is -0.0945. The average Bonchev–Trinajstić information content (AvgIpc) is 2.48. The highest BCUT2D eigenvalue weighted by Gasteiger charge is 2.04. The summed E-state index contributed by atoms with van der Waals surface area (Å²) < 4.78 is 0.873. The third-order valence-electron chi connectivity index (χ3n) is 2.83. The second-order valence-corrected chi connectivity index (χ2v) is 5.52. The molecule has 0 saturated heterocycles. The van der Waals surface area contributed by atoms with Crippen LogP contribution in [0.15, 0.2) is 46.9 Å². The maximum absolute atomic E-state index is 11.6. The predicted molar refractivity (Wildman–Crippen MR) is 86.3 cm³/mol. The van der Waals surface area contributed by atoms with Crippen LogP contribution in [0.1, 0.15) is 15.9 Å². The van der Waals surface area contributed by atoms with Crippen molar-refractivity contribution < 1.29 is 4.79 Å². The first kappa shape index (κ1) is 14.9.